The molecule has 1 aliphatic rings. The Bertz CT molecular complexity index is 1060. The molecular formula is C21H25N7O. The van der Waals surface area contributed by atoms with Gasteiger partial charge in [-0.2, -0.15) is 9.97 Å². The van der Waals surface area contributed by atoms with Gasteiger partial charge < -0.3 is 19.9 Å². The molecule has 0 saturated heterocycles. The van der Waals surface area contributed by atoms with Crippen LogP contribution in [-0.4, -0.2) is 51.0 Å². The van der Waals surface area contributed by atoms with Gasteiger partial charge in [-0.25, -0.2) is 4.98 Å². The van der Waals surface area contributed by atoms with Gasteiger partial charge in [-0.3, -0.25) is 4.99 Å². The Morgan fingerprint density at radius 1 is 1.14 bits per heavy atom. The average Bonchev–Trinajstić information content (AvgIpc) is 3.08. The lowest BCUT2D eigenvalue weighted by molar-refractivity contribution is 0.286. The minimum atomic E-state index is 0.285. The van der Waals surface area contributed by atoms with Crippen LogP contribution in [0, 0.1) is 0 Å². The van der Waals surface area contributed by atoms with Gasteiger partial charge in [0.2, 0.25) is 0 Å². The van der Waals surface area contributed by atoms with Crippen molar-refractivity contribution in [1.29, 1.82) is 0 Å². The number of anilines is 1. The molecule has 8 nitrogen and oxygen atoms in total. The Hall–Kier alpha value is -3.42. The number of aliphatic imine (C=N–C) groups is 1. The number of nitrogen functional groups attached to an aromatic ring is 1. The first-order valence-corrected chi connectivity index (χ1v) is 9.78. The number of aromatic nitrogens is 4. The van der Waals surface area contributed by atoms with Gasteiger partial charge >= 0.3 is 6.01 Å². The standard InChI is InChI=1S/C21H25N7O/c1-3-4-10-29-21-25-18(22)17-20(26-21)28(12-15-8-6-5-7-9-15)19(24-17)16-11-23-14-27(2)13-16/h5-9,11,13H,3-4,10,12,14H2,1-2H3,(H2,22,25,26). The number of nitrogens with zero attached hydrogens (tertiary/aromatic N) is 6. The van der Waals surface area contributed by atoms with Gasteiger partial charge in [-0.15, -0.1) is 0 Å². The van der Waals surface area contributed by atoms with Crippen LogP contribution in [0.25, 0.3) is 16.7 Å². The molecule has 3 aromatic rings. The zero-order valence-corrected chi connectivity index (χ0v) is 16.7. The Morgan fingerprint density at radius 2 is 1.97 bits per heavy atom. The lowest BCUT2D eigenvalue weighted by Crippen LogP contribution is -2.17. The van der Waals surface area contributed by atoms with E-state index >= 15 is 0 Å². The Labute approximate surface area is 169 Å². The fourth-order valence-electron chi connectivity index (χ4n) is 3.20. The number of hydrogen-bond acceptors (Lipinski definition) is 7. The van der Waals surface area contributed by atoms with Crippen LogP contribution in [0.2, 0.25) is 0 Å². The molecule has 0 atom stereocenters. The number of nitrogens with two attached hydrogens (primary N) is 1. The third kappa shape index (κ3) is 4.06. The first-order chi connectivity index (χ1) is 14.2. The smallest absolute Gasteiger partial charge is 0.320 e. The molecule has 0 fully saturated rings. The van der Waals surface area contributed by atoms with E-state index in [1.807, 2.05) is 47.1 Å². The Kier molecular flexibility index (Phi) is 5.41. The predicted octanol–water partition coefficient (Wildman–Crippen LogP) is 2.95. The molecular weight excluding hydrogens is 366 g/mol. The lowest BCUT2D eigenvalue weighted by Gasteiger charge is -2.17. The molecule has 2 N–H and O–H groups in total. The van der Waals surface area contributed by atoms with E-state index in [4.69, 9.17) is 15.5 Å². The van der Waals surface area contributed by atoms with Crippen molar-refractivity contribution in [3.8, 4) is 6.01 Å². The molecule has 1 aromatic carbocycles. The number of ether oxygens (including phenoxy) is 1. The summed E-state index contributed by atoms with van der Waals surface area (Å²) in [6.07, 6.45) is 5.84. The number of imidazole rings is 1. The summed E-state index contributed by atoms with van der Waals surface area (Å²) in [5.41, 5.74) is 9.49. The van der Waals surface area contributed by atoms with Crippen LogP contribution in [0.15, 0.2) is 41.5 Å². The largest absolute Gasteiger partial charge is 0.463 e. The van der Waals surface area contributed by atoms with Crippen molar-refractivity contribution in [2.45, 2.75) is 26.3 Å². The normalized spacial score (nSPS) is 13.7. The summed E-state index contributed by atoms with van der Waals surface area (Å²) < 4.78 is 7.77. The maximum Gasteiger partial charge on any atom is 0.320 e. The zero-order chi connectivity index (χ0) is 20.2. The molecule has 0 unspecified atom stereocenters. The summed E-state index contributed by atoms with van der Waals surface area (Å²) in [5, 5.41) is 0. The van der Waals surface area contributed by atoms with E-state index in [-0.39, 0.29) is 6.01 Å². The number of hydrogen-bond donors (Lipinski definition) is 1. The highest BCUT2D eigenvalue weighted by molar-refractivity contribution is 6.09. The topological polar surface area (TPSA) is 94.5 Å². The molecule has 0 bridgehead atoms. The van der Waals surface area contributed by atoms with Gasteiger partial charge in [0.25, 0.3) is 0 Å². The monoisotopic (exact) mass is 391 g/mol. The molecule has 3 heterocycles. The van der Waals surface area contributed by atoms with E-state index in [9.17, 15) is 0 Å². The summed E-state index contributed by atoms with van der Waals surface area (Å²) in [6.45, 7) is 3.90. The molecule has 4 rings (SSSR count). The van der Waals surface area contributed by atoms with Crippen LogP contribution in [0.1, 0.15) is 31.2 Å². The SMILES string of the molecule is CCCCOc1nc(N)c2nc(C3=CN(C)CN=C3)n(Cc3ccccc3)c2n1. The molecule has 0 aliphatic carbocycles. The van der Waals surface area contributed by atoms with Crippen LogP contribution in [0.5, 0.6) is 6.01 Å². The van der Waals surface area contributed by atoms with Crippen molar-refractivity contribution < 1.29 is 4.74 Å². The van der Waals surface area contributed by atoms with Crippen molar-refractivity contribution in [2.24, 2.45) is 4.99 Å². The molecule has 29 heavy (non-hydrogen) atoms. The van der Waals surface area contributed by atoms with Crippen molar-refractivity contribution in [3.05, 3.63) is 47.9 Å². The van der Waals surface area contributed by atoms with Gasteiger partial charge in [0.15, 0.2) is 17.0 Å². The summed E-state index contributed by atoms with van der Waals surface area (Å²) in [6, 6.07) is 10.5. The van der Waals surface area contributed by atoms with E-state index in [0.717, 1.165) is 29.8 Å². The average molecular weight is 391 g/mol. The number of benzene rings is 1. The quantitative estimate of drug-likeness (QED) is 0.622. The molecule has 0 amide bonds. The van der Waals surface area contributed by atoms with Crippen molar-refractivity contribution in [3.63, 3.8) is 0 Å². The maximum atomic E-state index is 6.22. The van der Waals surface area contributed by atoms with Gasteiger partial charge in [-0.05, 0) is 12.0 Å². The third-order valence-corrected chi connectivity index (χ3v) is 4.67. The van der Waals surface area contributed by atoms with Gasteiger partial charge in [-0.1, -0.05) is 43.7 Å². The number of rotatable bonds is 7. The number of unbranched alkanes of at least 4 members (excludes halogenated alkanes) is 1. The van der Waals surface area contributed by atoms with E-state index in [1.165, 1.54) is 0 Å². The molecule has 0 saturated carbocycles. The summed E-state index contributed by atoms with van der Waals surface area (Å²) in [7, 11) is 1.98. The summed E-state index contributed by atoms with van der Waals surface area (Å²) in [4.78, 5) is 20.1. The van der Waals surface area contributed by atoms with Gasteiger partial charge in [0, 0.05) is 19.5 Å². The molecule has 8 heteroatoms. The Morgan fingerprint density at radius 3 is 2.72 bits per heavy atom. The van der Waals surface area contributed by atoms with Gasteiger partial charge in [0.1, 0.15) is 12.5 Å². The molecule has 1 aliphatic heterocycles. The minimum absolute atomic E-state index is 0.285. The fraction of sp³-hybridized carbons (Fsp3) is 0.333. The minimum Gasteiger partial charge on any atom is -0.463 e. The highest BCUT2D eigenvalue weighted by Crippen LogP contribution is 2.27. The van der Waals surface area contributed by atoms with Crippen LogP contribution < -0.4 is 10.5 Å². The molecule has 150 valence electrons. The van der Waals surface area contributed by atoms with E-state index in [2.05, 4.69) is 34.0 Å². The second-order valence-corrected chi connectivity index (χ2v) is 7.07. The van der Waals surface area contributed by atoms with Crippen molar-refractivity contribution >= 4 is 28.8 Å². The lowest BCUT2D eigenvalue weighted by atomic mass is 10.2. The third-order valence-electron chi connectivity index (χ3n) is 4.67. The van der Waals surface area contributed by atoms with E-state index < -0.39 is 0 Å². The summed E-state index contributed by atoms with van der Waals surface area (Å²) in [5.74, 6) is 1.07. The van der Waals surface area contributed by atoms with Crippen molar-refractivity contribution in [2.75, 3.05) is 26.1 Å². The highest BCUT2D eigenvalue weighted by atomic mass is 16.5. The maximum absolute atomic E-state index is 6.22. The second-order valence-electron chi connectivity index (χ2n) is 7.07. The van der Waals surface area contributed by atoms with Crippen LogP contribution >= 0.6 is 0 Å². The molecule has 0 radical (unpaired) electrons. The van der Waals surface area contributed by atoms with E-state index in [0.29, 0.717) is 36.8 Å². The number of fused-ring (bicyclic) bond motifs is 1. The summed E-state index contributed by atoms with van der Waals surface area (Å²) >= 11 is 0. The zero-order valence-electron chi connectivity index (χ0n) is 16.7. The second kappa shape index (κ2) is 8.30. The van der Waals surface area contributed by atoms with Crippen LogP contribution in [0.3, 0.4) is 0 Å². The number of allylic oxidation sites excluding steroid dienone is 1. The highest BCUT2D eigenvalue weighted by Gasteiger charge is 2.20. The van der Waals surface area contributed by atoms with Crippen LogP contribution in [-0.2, 0) is 6.54 Å². The van der Waals surface area contributed by atoms with Gasteiger partial charge in [0.05, 0.1) is 18.7 Å². The van der Waals surface area contributed by atoms with E-state index in [1.54, 1.807) is 0 Å². The Balaban J connectivity index is 1.83. The molecule has 0 spiro atoms. The van der Waals surface area contributed by atoms with Crippen molar-refractivity contribution in [1.82, 2.24) is 24.4 Å². The fourth-order valence-corrected chi connectivity index (χ4v) is 3.20. The molecule has 2 aromatic heterocycles. The predicted molar refractivity (Wildman–Crippen MR) is 115 cm³/mol. The first-order valence-electron chi connectivity index (χ1n) is 9.78. The van der Waals surface area contributed by atoms with Crippen LogP contribution in [0.4, 0.5) is 5.82 Å². The first kappa shape index (κ1) is 18.9.